The summed E-state index contributed by atoms with van der Waals surface area (Å²) in [5, 5.41) is 14.4. The van der Waals surface area contributed by atoms with Crippen molar-refractivity contribution in [1.29, 1.82) is 0 Å². The number of halogens is 1. The lowest BCUT2D eigenvalue weighted by molar-refractivity contribution is 0.474. The Hall–Kier alpha value is -4.44. The molecular weight excluding hydrogens is 536 g/mol. The third-order valence-electron chi connectivity index (χ3n) is 5.96. The molecule has 5 aromatic rings. The number of benzene rings is 3. The summed E-state index contributed by atoms with van der Waals surface area (Å²) in [5.41, 5.74) is 4.80. The second-order valence-electron chi connectivity index (χ2n) is 8.47. The number of anilines is 1. The van der Waals surface area contributed by atoms with Crippen LogP contribution in [0.15, 0.2) is 98.0 Å². The van der Waals surface area contributed by atoms with Crippen molar-refractivity contribution in [3.05, 3.63) is 121 Å². The van der Waals surface area contributed by atoms with Crippen LogP contribution < -0.4 is 16.7 Å². The van der Waals surface area contributed by atoms with Crippen LogP contribution in [0.1, 0.15) is 16.7 Å². The van der Waals surface area contributed by atoms with Gasteiger partial charge in [0.2, 0.25) is 5.95 Å². The highest BCUT2D eigenvalue weighted by Crippen LogP contribution is 2.21. The van der Waals surface area contributed by atoms with Gasteiger partial charge in [-0.15, -0.1) is 0 Å². The molecule has 0 bridgehead atoms. The molecule has 0 aliphatic rings. The summed E-state index contributed by atoms with van der Waals surface area (Å²) < 4.78 is 5.09. The number of phenolic OH excluding ortho intramolecular Hbond substituents is 1. The molecule has 0 aliphatic heterocycles. The van der Waals surface area contributed by atoms with E-state index in [9.17, 15) is 14.7 Å². The van der Waals surface area contributed by atoms with E-state index in [4.69, 9.17) is 0 Å². The molecule has 0 atom stereocenters. The highest BCUT2D eigenvalue weighted by Gasteiger charge is 2.20. The Labute approximate surface area is 220 Å². The van der Waals surface area contributed by atoms with Crippen molar-refractivity contribution in [2.45, 2.75) is 13.1 Å². The number of nitrogens with one attached hydrogen (secondary N) is 1. The number of hydrogen-bond acceptors (Lipinski definition) is 6. The number of hydrazone groups is 1. The zero-order valence-electron chi connectivity index (χ0n) is 19.9. The first-order valence-corrected chi connectivity index (χ1v) is 12.3. The summed E-state index contributed by atoms with van der Waals surface area (Å²) in [6, 6.07) is 24.0. The average molecular weight is 559 g/mol. The van der Waals surface area contributed by atoms with Gasteiger partial charge in [-0.2, -0.15) is 10.1 Å². The number of nitrogens with zero attached hydrogens (tertiary/aromatic N) is 5. The fourth-order valence-electron chi connectivity index (χ4n) is 4.07. The molecule has 0 fully saturated rings. The predicted molar refractivity (Wildman–Crippen MR) is 147 cm³/mol. The van der Waals surface area contributed by atoms with E-state index in [0.29, 0.717) is 12.1 Å². The molecule has 0 spiro atoms. The van der Waals surface area contributed by atoms with Gasteiger partial charge in [-0.1, -0.05) is 76.6 Å². The van der Waals surface area contributed by atoms with Crippen LogP contribution >= 0.6 is 15.9 Å². The summed E-state index contributed by atoms with van der Waals surface area (Å²) in [4.78, 5) is 31.4. The lowest BCUT2D eigenvalue weighted by Crippen LogP contribution is -2.40. The van der Waals surface area contributed by atoms with Crippen molar-refractivity contribution in [3.63, 3.8) is 0 Å². The molecule has 2 aromatic heterocycles. The monoisotopic (exact) mass is 558 g/mol. The van der Waals surface area contributed by atoms with Gasteiger partial charge in [0.05, 0.1) is 19.3 Å². The molecule has 2 heterocycles. The summed E-state index contributed by atoms with van der Waals surface area (Å²) >= 11 is 3.38. The van der Waals surface area contributed by atoms with Gasteiger partial charge in [-0.25, -0.2) is 10.2 Å². The molecule has 186 valence electrons. The highest BCUT2D eigenvalue weighted by molar-refractivity contribution is 9.10. The molecule has 0 unspecified atom stereocenters. The van der Waals surface area contributed by atoms with Gasteiger partial charge < -0.3 is 5.11 Å². The number of fused-ring (bicyclic) bond motifs is 1. The number of aromatic nitrogens is 4. The van der Waals surface area contributed by atoms with Crippen LogP contribution in [-0.4, -0.2) is 30.0 Å². The zero-order chi connectivity index (χ0) is 25.9. The van der Waals surface area contributed by atoms with E-state index in [1.807, 2.05) is 60.7 Å². The minimum Gasteiger partial charge on any atom is -0.507 e. The lowest BCUT2D eigenvalue weighted by Gasteiger charge is -2.11. The molecule has 0 amide bonds. The van der Waals surface area contributed by atoms with E-state index in [2.05, 4.69) is 31.4 Å². The molecule has 3 aromatic carbocycles. The zero-order valence-corrected chi connectivity index (χ0v) is 21.5. The smallest absolute Gasteiger partial charge is 0.332 e. The Kier molecular flexibility index (Phi) is 6.74. The maximum absolute atomic E-state index is 13.7. The number of hydrogen-bond donors (Lipinski definition) is 2. The Morgan fingerprint density at radius 2 is 1.57 bits per heavy atom. The summed E-state index contributed by atoms with van der Waals surface area (Å²) in [7, 11) is 1.60. The molecular formula is C27H23BrN6O3. The third kappa shape index (κ3) is 4.96. The minimum atomic E-state index is -0.458. The number of rotatable bonds is 7. The number of phenols is 1. The summed E-state index contributed by atoms with van der Waals surface area (Å²) in [6.07, 6.45) is 1.46. The highest BCUT2D eigenvalue weighted by atomic mass is 79.9. The molecule has 0 saturated heterocycles. The van der Waals surface area contributed by atoms with E-state index in [1.54, 1.807) is 29.8 Å². The molecule has 37 heavy (non-hydrogen) atoms. The fourth-order valence-corrected chi connectivity index (χ4v) is 4.45. The van der Waals surface area contributed by atoms with Gasteiger partial charge in [0, 0.05) is 17.1 Å². The second-order valence-corrected chi connectivity index (χ2v) is 9.39. The van der Waals surface area contributed by atoms with Crippen molar-refractivity contribution in [3.8, 4) is 5.75 Å². The first kappa shape index (κ1) is 24.3. The van der Waals surface area contributed by atoms with Crippen LogP contribution in [0.2, 0.25) is 0 Å². The van der Waals surface area contributed by atoms with Gasteiger partial charge in [-0.3, -0.25) is 18.5 Å². The van der Waals surface area contributed by atoms with Crippen LogP contribution in [0.4, 0.5) is 5.95 Å². The fraction of sp³-hybridized carbons (Fsp3) is 0.111. The maximum Gasteiger partial charge on any atom is 0.332 e. The SMILES string of the molecule is Cn1c(=O)n(Cc2ccccc2)c(=O)c2c1nc(N/N=C/c1cc(Br)ccc1O)n2Cc1ccccc1. The van der Waals surface area contributed by atoms with Crippen LogP contribution in [-0.2, 0) is 20.1 Å². The van der Waals surface area contributed by atoms with Crippen molar-refractivity contribution in [2.75, 3.05) is 5.43 Å². The first-order valence-electron chi connectivity index (χ1n) is 11.5. The van der Waals surface area contributed by atoms with Gasteiger partial charge in [0.25, 0.3) is 5.56 Å². The quantitative estimate of drug-likeness (QED) is 0.233. The van der Waals surface area contributed by atoms with Crippen LogP contribution in [0, 0.1) is 0 Å². The Balaban J connectivity index is 1.63. The largest absolute Gasteiger partial charge is 0.507 e. The van der Waals surface area contributed by atoms with Gasteiger partial charge in [-0.05, 0) is 29.3 Å². The molecule has 0 saturated carbocycles. The Bertz CT molecular complexity index is 1720. The molecule has 0 radical (unpaired) electrons. The van der Waals surface area contributed by atoms with Gasteiger partial charge >= 0.3 is 5.69 Å². The lowest BCUT2D eigenvalue weighted by atomic mass is 10.2. The first-order chi connectivity index (χ1) is 17.9. The summed E-state index contributed by atoms with van der Waals surface area (Å²) in [6.45, 7) is 0.470. The number of imidazole rings is 1. The van der Waals surface area contributed by atoms with E-state index in [0.717, 1.165) is 15.6 Å². The minimum absolute atomic E-state index is 0.0673. The Morgan fingerprint density at radius 1 is 0.946 bits per heavy atom. The molecule has 9 nitrogen and oxygen atoms in total. The topological polar surface area (TPSA) is 106 Å². The molecule has 5 rings (SSSR count). The third-order valence-corrected chi connectivity index (χ3v) is 6.45. The van der Waals surface area contributed by atoms with E-state index in [1.165, 1.54) is 15.3 Å². The maximum atomic E-state index is 13.7. The van der Waals surface area contributed by atoms with Crippen molar-refractivity contribution in [2.24, 2.45) is 12.1 Å². The van der Waals surface area contributed by atoms with E-state index < -0.39 is 11.2 Å². The molecule has 10 heteroatoms. The van der Waals surface area contributed by atoms with E-state index >= 15 is 0 Å². The van der Waals surface area contributed by atoms with Crippen molar-refractivity contribution < 1.29 is 5.11 Å². The molecule has 2 N–H and O–H groups in total. The van der Waals surface area contributed by atoms with Crippen molar-refractivity contribution >= 4 is 39.3 Å². The van der Waals surface area contributed by atoms with Crippen LogP contribution in [0.25, 0.3) is 11.2 Å². The number of aryl methyl sites for hydroxylation is 1. The second kappa shape index (κ2) is 10.3. The average Bonchev–Trinajstić information content (AvgIpc) is 3.26. The standard InChI is InChI=1S/C27H23BrN6O3/c1-32-24-23(25(36)34(27(32)37)17-19-10-6-3-7-11-19)33(16-18-8-4-2-5-9-18)26(30-24)31-29-15-20-14-21(28)12-13-22(20)35/h2-15,35H,16-17H2,1H3,(H,30,31)/b29-15+. The number of aromatic hydroxyl groups is 1. The van der Waals surface area contributed by atoms with Crippen LogP contribution in [0.5, 0.6) is 5.75 Å². The van der Waals surface area contributed by atoms with E-state index in [-0.39, 0.29) is 29.4 Å². The Morgan fingerprint density at radius 3 is 2.22 bits per heavy atom. The molecule has 0 aliphatic carbocycles. The predicted octanol–water partition coefficient (Wildman–Crippen LogP) is 3.91. The van der Waals surface area contributed by atoms with Gasteiger partial charge in [0.1, 0.15) is 5.75 Å². The van der Waals surface area contributed by atoms with Crippen LogP contribution in [0.3, 0.4) is 0 Å². The summed E-state index contributed by atoms with van der Waals surface area (Å²) in [5.74, 6) is 0.354. The normalized spacial score (nSPS) is 11.4. The van der Waals surface area contributed by atoms with Crippen molar-refractivity contribution in [1.82, 2.24) is 18.7 Å². The van der Waals surface area contributed by atoms with Gasteiger partial charge in [0.15, 0.2) is 11.2 Å².